The van der Waals surface area contributed by atoms with E-state index < -0.39 is 10.0 Å². The predicted molar refractivity (Wildman–Crippen MR) is 106 cm³/mol. The minimum absolute atomic E-state index is 0.0409. The molecule has 0 fully saturated rings. The van der Waals surface area contributed by atoms with E-state index in [1.807, 2.05) is 49.4 Å². The number of fused-ring (bicyclic) bond motifs is 2. The summed E-state index contributed by atoms with van der Waals surface area (Å²) in [6.45, 7) is 1.85. The van der Waals surface area contributed by atoms with Crippen molar-refractivity contribution in [2.45, 2.75) is 30.7 Å². The Morgan fingerprint density at radius 3 is 2.63 bits per heavy atom. The number of amides is 1. The maximum atomic E-state index is 12.9. The summed E-state index contributed by atoms with van der Waals surface area (Å²) < 4.78 is 28.6. The monoisotopic (exact) mass is 380 g/mol. The average Bonchev–Trinajstić information content (AvgIpc) is 2.66. The highest BCUT2D eigenvalue weighted by Gasteiger charge is 2.22. The van der Waals surface area contributed by atoms with E-state index in [1.54, 1.807) is 12.1 Å². The van der Waals surface area contributed by atoms with Crippen LogP contribution < -0.4 is 10.0 Å². The molecule has 1 amide bonds. The van der Waals surface area contributed by atoms with Crippen LogP contribution in [0.5, 0.6) is 0 Å². The number of sulfonamides is 1. The largest absolute Gasteiger partial charge is 0.326 e. The molecule has 1 atom stereocenters. The van der Waals surface area contributed by atoms with Crippen LogP contribution in [-0.4, -0.2) is 14.3 Å². The highest BCUT2D eigenvalue weighted by Crippen LogP contribution is 2.28. The van der Waals surface area contributed by atoms with Gasteiger partial charge in [-0.15, -0.1) is 0 Å². The van der Waals surface area contributed by atoms with E-state index in [9.17, 15) is 13.2 Å². The molecule has 27 heavy (non-hydrogen) atoms. The lowest BCUT2D eigenvalue weighted by molar-refractivity contribution is -0.116. The molecule has 1 aliphatic rings. The molecule has 0 saturated carbocycles. The number of aryl methyl sites for hydroxylation is 1. The predicted octanol–water partition coefficient (Wildman–Crippen LogP) is 3.76. The van der Waals surface area contributed by atoms with Crippen molar-refractivity contribution >= 4 is 32.4 Å². The summed E-state index contributed by atoms with van der Waals surface area (Å²) in [6.07, 6.45) is 0.916. The number of rotatable bonds is 4. The Kier molecular flexibility index (Phi) is 4.45. The Hall–Kier alpha value is -2.70. The third-order valence-electron chi connectivity index (χ3n) is 4.90. The molecule has 0 bridgehead atoms. The second-order valence-corrected chi connectivity index (χ2v) is 8.49. The molecule has 5 nitrogen and oxygen atoms in total. The van der Waals surface area contributed by atoms with Gasteiger partial charge in [-0.05, 0) is 53.4 Å². The minimum Gasteiger partial charge on any atom is -0.326 e. The fourth-order valence-corrected chi connectivity index (χ4v) is 4.79. The molecular weight excluding hydrogens is 360 g/mol. The van der Waals surface area contributed by atoms with Gasteiger partial charge in [-0.3, -0.25) is 4.79 Å². The number of carbonyl (C=O) groups excluding carboxylic acids is 1. The fraction of sp³-hybridized carbons (Fsp3) is 0.190. The molecule has 0 unspecified atom stereocenters. The minimum atomic E-state index is -3.69. The number of benzene rings is 3. The average molecular weight is 380 g/mol. The number of nitrogens with one attached hydrogen (secondary N) is 2. The van der Waals surface area contributed by atoms with E-state index in [-0.39, 0.29) is 16.8 Å². The highest BCUT2D eigenvalue weighted by atomic mass is 32.2. The van der Waals surface area contributed by atoms with Gasteiger partial charge in [-0.2, -0.15) is 0 Å². The van der Waals surface area contributed by atoms with Gasteiger partial charge in [0.2, 0.25) is 15.9 Å². The van der Waals surface area contributed by atoms with Crippen LogP contribution in [0, 0.1) is 0 Å². The SMILES string of the molecule is C[C@H](NS(=O)(=O)c1ccc2c(c1)CCC(=O)N2)c1cccc2ccccc12. The van der Waals surface area contributed by atoms with Crippen molar-refractivity contribution in [2.24, 2.45) is 0 Å². The second-order valence-electron chi connectivity index (χ2n) is 6.78. The normalized spacial score (nSPS) is 15.2. The van der Waals surface area contributed by atoms with E-state index in [0.717, 1.165) is 21.9 Å². The summed E-state index contributed by atoms with van der Waals surface area (Å²) in [5.74, 6) is -0.0409. The number of hydrogen-bond donors (Lipinski definition) is 2. The molecule has 0 aliphatic carbocycles. The topological polar surface area (TPSA) is 75.3 Å². The van der Waals surface area contributed by atoms with Crippen LogP contribution in [0.25, 0.3) is 10.8 Å². The summed E-state index contributed by atoms with van der Waals surface area (Å²) in [5, 5.41) is 4.88. The van der Waals surface area contributed by atoms with Crippen molar-refractivity contribution in [3.05, 3.63) is 71.8 Å². The van der Waals surface area contributed by atoms with Crippen LogP contribution in [0.4, 0.5) is 5.69 Å². The van der Waals surface area contributed by atoms with Gasteiger partial charge in [0.05, 0.1) is 4.90 Å². The van der Waals surface area contributed by atoms with Gasteiger partial charge in [0.1, 0.15) is 0 Å². The lowest BCUT2D eigenvalue weighted by Gasteiger charge is -2.20. The smallest absolute Gasteiger partial charge is 0.241 e. The summed E-state index contributed by atoms with van der Waals surface area (Å²) >= 11 is 0. The first-order valence-corrected chi connectivity index (χ1v) is 10.4. The fourth-order valence-electron chi connectivity index (χ4n) is 3.52. The maximum Gasteiger partial charge on any atom is 0.241 e. The third kappa shape index (κ3) is 3.46. The zero-order chi connectivity index (χ0) is 19.0. The van der Waals surface area contributed by atoms with Crippen LogP contribution in [0.1, 0.15) is 30.5 Å². The third-order valence-corrected chi connectivity index (χ3v) is 6.44. The molecule has 4 rings (SSSR count). The van der Waals surface area contributed by atoms with Gasteiger partial charge in [0.15, 0.2) is 0 Å². The van der Waals surface area contributed by atoms with Crippen molar-refractivity contribution in [3.8, 4) is 0 Å². The molecular formula is C21H20N2O3S. The summed E-state index contributed by atoms with van der Waals surface area (Å²) in [6, 6.07) is 18.3. The molecule has 0 spiro atoms. The number of anilines is 1. The van der Waals surface area contributed by atoms with Crippen molar-refractivity contribution in [1.29, 1.82) is 0 Å². The van der Waals surface area contributed by atoms with E-state index in [4.69, 9.17) is 0 Å². The number of carbonyl (C=O) groups is 1. The lowest BCUT2D eigenvalue weighted by Crippen LogP contribution is -2.27. The van der Waals surface area contributed by atoms with Gasteiger partial charge in [0, 0.05) is 18.2 Å². The first-order chi connectivity index (χ1) is 12.9. The molecule has 2 N–H and O–H groups in total. The van der Waals surface area contributed by atoms with Gasteiger partial charge < -0.3 is 5.32 Å². The molecule has 3 aromatic rings. The van der Waals surface area contributed by atoms with E-state index in [0.29, 0.717) is 18.5 Å². The van der Waals surface area contributed by atoms with Crippen molar-refractivity contribution in [3.63, 3.8) is 0 Å². The molecule has 1 aliphatic heterocycles. The molecule has 138 valence electrons. The van der Waals surface area contributed by atoms with Crippen molar-refractivity contribution in [2.75, 3.05) is 5.32 Å². The molecule has 0 aromatic heterocycles. The summed E-state index contributed by atoms with van der Waals surface area (Å²) in [4.78, 5) is 11.7. The van der Waals surface area contributed by atoms with Crippen LogP contribution in [0.3, 0.4) is 0 Å². The Morgan fingerprint density at radius 2 is 1.78 bits per heavy atom. The molecule has 0 radical (unpaired) electrons. The van der Waals surface area contributed by atoms with E-state index in [2.05, 4.69) is 10.0 Å². The molecule has 1 heterocycles. The second kappa shape index (κ2) is 6.79. The molecule has 6 heteroatoms. The Morgan fingerprint density at radius 1 is 1.00 bits per heavy atom. The van der Waals surface area contributed by atoms with Crippen LogP contribution in [0.15, 0.2) is 65.6 Å². The van der Waals surface area contributed by atoms with Gasteiger partial charge in [-0.1, -0.05) is 42.5 Å². The van der Waals surface area contributed by atoms with Crippen LogP contribution >= 0.6 is 0 Å². The van der Waals surface area contributed by atoms with Gasteiger partial charge >= 0.3 is 0 Å². The zero-order valence-corrected chi connectivity index (χ0v) is 15.7. The summed E-state index contributed by atoms with van der Waals surface area (Å²) in [7, 11) is -3.69. The van der Waals surface area contributed by atoms with E-state index >= 15 is 0 Å². The Bertz CT molecular complexity index is 1130. The highest BCUT2D eigenvalue weighted by molar-refractivity contribution is 7.89. The standard InChI is InChI=1S/C21H20N2O3S/c1-14(18-8-4-6-15-5-2-3-7-19(15)18)23-27(25,26)17-10-11-20-16(13-17)9-12-21(24)22-20/h2-8,10-11,13-14,23H,9,12H2,1H3,(H,22,24)/t14-/m0/s1. The Labute approximate surface area is 158 Å². The van der Waals surface area contributed by atoms with Crippen LogP contribution in [-0.2, 0) is 21.2 Å². The first-order valence-electron chi connectivity index (χ1n) is 8.87. The molecule has 3 aromatic carbocycles. The first kappa shape index (κ1) is 17.7. The summed E-state index contributed by atoms with van der Waals surface area (Å²) in [5.41, 5.74) is 2.46. The quantitative estimate of drug-likeness (QED) is 0.724. The molecule has 0 saturated heterocycles. The van der Waals surface area contributed by atoms with Gasteiger partial charge in [0.25, 0.3) is 0 Å². The number of hydrogen-bond acceptors (Lipinski definition) is 3. The lowest BCUT2D eigenvalue weighted by atomic mass is 10.0. The maximum absolute atomic E-state index is 12.9. The van der Waals surface area contributed by atoms with Crippen molar-refractivity contribution in [1.82, 2.24) is 4.72 Å². The van der Waals surface area contributed by atoms with Crippen LogP contribution in [0.2, 0.25) is 0 Å². The van der Waals surface area contributed by atoms with Crippen molar-refractivity contribution < 1.29 is 13.2 Å². The zero-order valence-electron chi connectivity index (χ0n) is 14.9. The van der Waals surface area contributed by atoms with Gasteiger partial charge in [-0.25, -0.2) is 13.1 Å². The van der Waals surface area contributed by atoms with E-state index in [1.165, 1.54) is 6.07 Å². The Balaban J connectivity index is 1.64.